The van der Waals surface area contributed by atoms with Crippen LogP contribution in [0, 0.1) is 6.92 Å². The van der Waals surface area contributed by atoms with Crippen LogP contribution in [-0.2, 0) is 16.1 Å². The summed E-state index contributed by atoms with van der Waals surface area (Å²) in [5, 5.41) is 5.17. The van der Waals surface area contributed by atoms with Crippen LogP contribution in [0.4, 0.5) is 5.69 Å². The Morgan fingerprint density at radius 1 is 1.26 bits per heavy atom. The lowest BCUT2D eigenvalue weighted by atomic mass is 10.2. The number of carbonyl (C=O) groups is 1. The number of rotatable bonds is 6. The second kappa shape index (κ2) is 6.95. The van der Waals surface area contributed by atoms with Crippen molar-refractivity contribution in [3.8, 4) is 0 Å². The predicted molar refractivity (Wildman–Crippen MR) is 78.4 cm³/mol. The van der Waals surface area contributed by atoms with E-state index in [1.54, 1.807) is 11.3 Å². The lowest BCUT2D eigenvalue weighted by Crippen LogP contribution is -2.11. The fourth-order valence-corrected chi connectivity index (χ4v) is 2.21. The molecule has 100 valence electrons. The number of ether oxygens (including phenoxy) is 1. The first kappa shape index (κ1) is 13.6. The Kier molecular flexibility index (Phi) is 4.98. The number of esters is 1. The van der Waals surface area contributed by atoms with Crippen LogP contribution in [0.15, 0.2) is 41.8 Å². The maximum Gasteiger partial charge on any atom is 0.307 e. The van der Waals surface area contributed by atoms with Crippen LogP contribution in [0.1, 0.15) is 16.9 Å². The molecule has 1 aromatic carbocycles. The molecule has 0 aliphatic rings. The van der Waals surface area contributed by atoms with E-state index < -0.39 is 0 Å². The molecule has 0 bridgehead atoms. The Morgan fingerprint density at radius 2 is 2.05 bits per heavy atom. The standard InChI is InChI=1S/C15H17NO2S/c1-12-4-6-13(7-5-12)16-9-8-15(17)18-11-14-3-2-10-19-14/h2-7,10,16H,8-9,11H2,1H3. The lowest BCUT2D eigenvalue weighted by molar-refractivity contribution is -0.144. The quantitative estimate of drug-likeness (QED) is 0.819. The number of anilines is 1. The summed E-state index contributed by atoms with van der Waals surface area (Å²) >= 11 is 1.59. The Morgan fingerprint density at radius 3 is 2.74 bits per heavy atom. The first-order valence-corrected chi connectivity index (χ1v) is 7.10. The van der Waals surface area contributed by atoms with Crippen molar-refractivity contribution in [2.45, 2.75) is 20.0 Å². The van der Waals surface area contributed by atoms with Crippen LogP contribution in [0.2, 0.25) is 0 Å². The second-order valence-electron chi connectivity index (χ2n) is 4.28. The van der Waals surface area contributed by atoms with Crippen LogP contribution in [0.5, 0.6) is 0 Å². The number of nitrogens with one attached hydrogen (secondary N) is 1. The number of aryl methyl sites for hydroxylation is 1. The van der Waals surface area contributed by atoms with Crippen LogP contribution in [0.25, 0.3) is 0 Å². The molecule has 0 atom stereocenters. The van der Waals surface area contributed by atoms with Gasteiger partial charge in [-0.3, -0.25) is 4.79 Å². The fourth-order valence-electron chi connectivity index (χ4n) is 1.60. The number of hydrogen-bond acceptors (Lipinski definition) is 4. The summed E-state index contributed by atoms with van der Waals surface area (Å²) in [5.74, 6) is -0.173. The zero-order chi connectivity index (χ0) is 13.5. The molecule has 0 radical (unpaired) electrons. The number of thiophene rings is 1. The third-order valence-corrected chi connectivity index (χ3v) is 3.52. The molecule has 0 unspecified atom stereocenters. The molecule has 2 aromatic rings. The summed E-state index contributed by atoms with van der Waals surface area (Å²) in [6, 6.07) is 12.0. The molecule has 1 N–H and O–H groups in total. The molecule has 0 spiro atoms. The highest BCUT2D eigenvalue weighted by atomic mass is 32.1. The van der Waals surface area contributed by atoms with Crippen molar-refractivity contribution < 1.29 is 9.53 Å². The zero-order valence-corrected chi connectivity index (χ0v) is 11.7. The largest absolute Gasteiger partial charge is 0.460 e. The van der Waals surface area contributed by atoms with E-state index in [0.29, 0.717) is 19.6 Å². The molecule has 0 saturated carbocycles. The van der Waals surface area contributed by atoms with Gasteiger partial charge in [0.2, 0.25) is 0 Å². The van der Waals surface area contributed by atoms with Crippen molar-refractivity contribution in [2.75, 3.05) is 11.9 Å². The molecule has 0 amide bonds. The average Bonchev–Trinajstić information content (AvgIpc) is 2.92. The fraction of sp³-hybridized carbons (Fsp3) is 0.267. The van der Waals surface area contributed by atoms with E-state index >= 15 is 0 Å². The second-order valence-corrected chi connectivity index (χ2v) is 5.32. The summed E-state index contributed by atoms with van der Waals surface area (Å²) in [6.07, 6.45) is 0.374. The van der Waals surface area contributed by atoms with Gasteiger partial charge in [-0.15, -0.1) is 11.3 Å². The normalized spacial score (nSPS) is 10.2. The lowest BCUT2D eigenvalue weighted by Gasteiger charge is -2.06. The van der Waals surface area contributed by atoms with Gasteiger partial charge in [-0.05, 0) is 30.5 Å². The molecule has 0 aliphatic heterocycles. The van der Waals surface area contributed by atoms with Gasteiger partial charge in [-0.2, -0.15) is 0 Å². The summed E-state index contributed by atoms with van der Waals surface area (Å²) < 4.78 is 5.17. The molecule has 0 fully saturated rings. The molecule has 0 saturated heterocycles. The molecule has 1 aromatic heterocycles. The third kappa shape index (κ3) is 4.75. The van der Waals surface area contributed by atoms with Gasteiger partial charge in [0.15, 0.2) is 0 Å². The van der Waals surface area contributed by atoms with Gasteiger partial charge in [0.05, 0.1) is 6.42 Å². The Balaban J connectivity index is 1.65. The van der Waals surface area contributed by atoms with Gasteiger partial charge >= 0.3 is 5.97 Å². The molecule has 2 rings (SSSR count). The third-order valence-electron chi connectivity index (χ3n) is 2.67. The molecular weight excluding hydrogens is 258 g/mol. The summed E-state index contributed by atoms with van der Waals surface area (Å²) in [4.78, 5) is 12.6. The minimum atomic E-state index is -0.173. The monoisotopic (exact) mass is 275 g/mol. The number of hydrogen-bond donors (Lipinski definition) is 1. The molecule has 0 aliphatic carbocycles. The van der Waals surface area contributed by atoms with Crippen LogP contribution < -0.4 is 5.32 Å². The highest BCUT2D eigenvalue weighted by Crippen LogP contribution is 2.11. The van der Waals surface area contributed by atoms with Crippen LogP contribution in [0.3, 0.4) is 0 Å². The maximum atomic E-state index is 11.5. The highest BCUT2D eigenvalue weighted by molar-refractivity contribution is 7.09. The minimum absolute atomic E-state index is 0.173. The van der Waals surface area contributed by atoms with Crippen molar-refractivity contribution in [3.63, 3.8) is 0 Å². The number of benzene rings is 1. The van der Waals surface area contributed by atoms with Crippen molar-refractivity contribution in [1.82, 2.24) is 0 Å². The van der Waals surface area contributed by atoms with Crippen molar-refractivity contribution in [2.24, 2.45) is 0 Å². The summed E-state index contributed by atoms with van der Waals surface area (Å²) in [7, 11) is 0. The van der Waals surface area contributed by atoms with E-state index in [4.69, 9.17) is 4.74 Å². The van der Waals surface area contributed by atoms with E-state index in [2.05, 4.69) is 5.32 Å². The van der Waals surface area contributed by atoms with Crippen molar-refractivity contribution in [3.05, 3.63) is 52.2 Å². The predicted octanol–water partition coefficient (Wildman–Crippen LogP) is 3.60. The zero-order valence-electron chi connectivity index (χ0n) is 10.9. The first-order chi connectivity index (χ1) is 9.24. The molecule has 19 heavy (non-hydrogen) atoms. The van der Waals surface area contributed by atoms with Gasteiger partial charge in [0, 0.05) is 17.1 Å². The van der Waals surface area contributed by atoms with Gasteiger partial charge in [-0.1, -0.05) is 23.8 Å². The maximum absolute atomic E-state index is 11.5. The Labute approximate surface area is 117 Å². The minimum Gasteiger partial charge on any atom is -0.460 e. The van der Waals surface area contributed by atoms with E-state index in [1.807, 2.05) is 48.7 Å². The van der Waals surface area contributed by atoms with E-state index in [1.165, 1.54) is 5.56 Å². The number of carbonyl (C=O) groups excluding carboxylic acids is 1. The topological polar surface area (TPSA) is 38.3 Å². The van der Waals surface area contributed by atoms with Gasteiger partial charge in [0.25, 0.3) is 0 Å². The SMILES string of the molecule is Cc1ccc(NCCC(=O)OCc2cccs2)cc1. The van der Waals surface area contributed by atoms with E-state index in [9.17, 15) is 4.79 Å². The van der Waals surface area contributed by atoms with Gasteiger partial charge < -0.3 is 10.1 Å². The molecule has 1 heterocycles. The van der Waals surface area contributed by atoms with Crippen molar-refractivity contribution in [1.29, 1.82) is 0 Å². The van der Waals surface area contributed by atoms with Gasteiger partial charge in [-0.25, -0.2) is 0 Å². The van der Waals surface area contributed by atoms with Gasteiger partial charge in [0.1, 0.15) is 6.61 Å². The summed E-state index contributed by atoms with van der Waals surface area (Å²) in [5.41, 5.74) is 2.25. The Bertz CT molecular complexity index is 505. The van der Waals surface area contributed by atoms with Crippen molar-refractivity contribution >= 4 is 23.0 Å². The molecular formula is C15H17NO2S. The van der Waals surface area contributed by atoms with E-state index in [0.717, 1.165) is 10.6 Å². The van der Waals surface area contributed by atoms with E-state index in [-0.39, 0.29) is 5.97 Å². The smallest absolute Gasteiger partial charge is 0.307 e. The first-order valence-electron chi connectivity index (χ1n) is 6.22. The highest BCUT2D eigenvalue weighted by Gasteiger charge is 2.03. The molecule has 4 heteroatoms. The average molecular weight is 275 g/mol. The van der Waals surface area contributed by atoms with Crippen LogP contribution >= 0.6 is 11.3 Å². The molecule has 3 nitrogen and oxygen atoms in total. The Hall–Kier alpha value is -1.81. The van der Waals surface area contributed by atoms with Crippen LogP contribution in [-0.4, -0.2) is 12.5 Å². The summed E-state index contributed by atoms with van der Waals surface area (Å²) in [6.45, 7) is 3.01.